The number of hydrogen-bond acceptors (Lipinski definition) is 5. The highest BCUT2D eigenvalue weighted by atomic mass is 19.1. The molecule has 2 aromatic heterocycles. The van der Waals surface area contributed by atoms with Gasteiger partial charge in [-0.1, -0.05) is 0 Å². The summed E-state index contributed by atoms with van der Waals surface area (Å²) in [6.07, 6.45) is 1.95. The minimum Gasteiger partial charge on any atom is -0.454 e. The molecule has 1 saturated heterocycles. The number of nitrogens with one attached hydrogen (secondary N) is 1. The predicted octanol–water partition coefficient (Wildman–Crippen LogP) is 3.71. The van der Waals surface area contributed by atoms with Crippen LogP contribution >= 0.6 is 0 Å². The Hall–Kier alpha value is -4.01. The smallest absolute Gasteiger partial charge is 0.321 e. The number of piperazine rings is 1. The molecule has 8 nitrogen and oxygen atoms in total. The first kappa shape index (κ1) is 18.7. The number of nitrogens with zero attached hydrogens (tertiary/aromatic N) is 4. The summed E-state index contributed by atoms with van der Waals surface area (Å²) in [5.41, 5.74) is 3.08. The van der Waals surface area contributed by atoms with E-state index in [1.54, 1.807) is 29.2 Å². The first-order chi connectivity index (χ1) is 15.7. The fourth-order valence-corrected chi connectivity index (χ4v) is 4.27. The van der Waals surface area contributed by atoms with Crippen LogP contribution in [-0.4, -0.2) is 53.3 Å². The number of amides is 2. The van der Waals surface area contributed by atoms with Crippen molar-refractivity contribution >= 4 is 34.1 Å². The number of hydrogen-bond donors (Lipinski definition) is 1. The average Bonchev–Trinajstić information content (AvgIpc) is 3.48. The van der Waals surface area contributed by atoms with Crippen molar-refractivity contribution in [1.29, 1.82) is 0 Å². The SMILES string of the molecule is O=C(Nc1ccc2c(c1)OCO2)N1CCN(c2nc3cc(F)ccc3n3cccc23)CC1. The maximum Gasteiger partial charge on any atom is 0.321 e. The number of rotatable bonds is 2. The number of urea groups is 1. The first-order valence-corrected chi connectivity index (χ1v) is 10.4. The number of anilines is 2. The largest absolute Gasteiger partial charge is 0.454 e. The summed E-state index contributed by atoms with van der Waals surface area (Å²) in [6, 6.07) is 13.8. The van der Waals surface area contributed by atoms with Gasteiger partial charge in [-0.25, -0.2) is 14.2 Å². The van der Waals surface area contributed by atoms with E-state index in [1.807, 2.05) is 22.7 Å². The van der Waals surface area contributed by atoms with Crippen LogP contribution in [0, 0.1) is 5.82 Å². The maximum absolute atomic E-state index is 13.8. The molecular formula is C23H20FN5O3. The van der Waals surface area contributed by atoms with Crippen molar-refractivity contribution in [2.75, 3.05) is 43.2 Å². The van der Waals surface area contributed by atoms with E-state index in [2.05, 4.69) is 10.2 Å². The number of ether oxygens (including phenoxy) is 2. The third kappa shape index (κ3) is 3.13. The van der Waals surface area contributed by atoms with Crippen LogP contribution in [0.2, 0.25) is 0 Å². The quantitative estimate of drug-likeness (QED) is 0.522. The van der Waals surface area contributed by atoms with Gasteiger partial charge in [0.2, 0.25) is 6.79 Å². The summed E-state index contributed by atoms with van der Waals surface area (Å²) in [5, 5.41) is 2.92. The van der Waals surface area contributed by atoms with Crippen LogP contribution in [-0.2, 0) is 0 Å². The second-order valence-corrected chi connectivity index (χ2v) is 7.80. The van der Waals surface area contributed by atoms with Gasteiger partial charge in [0.05, 0.1) is 16.6 Å². The zero-order valence-electron chi connectivity index (χ0n) is 17.1. The minimum absolute atomic E-state index is 0.162. The van der Waals surface area contributed by atoms with Crippen LogP contribution in [0.1, 0.15) is 0 Å². The van der Waals surface area contributed by atoms with Crippen LogP contribution in [0.3, 0.4) is 0 Å². The van der Waals surface area contributed by atoms with Gasteiger partial charge in [-0.2, -0.15) is 0 Å². The van der Waals surface area contributed by atoms with Crippen molar-refractivity contribution in [1.82, 2.24) is 14.3 Å². The van der Waals surface area contributed by atoms with E-state index in [9.17, 15) is 9.18 Å². The molecule has 32 heavy (non-hydrogen) atoms. The molecule has 1 N–H and O–H groups in total. The average molecular weight is 433 g/mol. The van der Waals surface area contributed by atoms with Crippen LogP contribution in [0.4, 0.5) is 20.7 Å². The lowest BCUT2D eigenvalue weighted by Gasteiger charge is -2.35. The van der Waals surface area contributed by atoms with Crippen LogP contribution in [0.15, 0.2) is 54.7 Å². The number of aromatic nitrogens is 2. The molecule has 2 aromatic carbocycles. The molecule has 2 amide bonds. The summed E-state index contributed by atoms with van der Waals surface area (Å²) in [7, 11) is 0. The second kappa shape index (κ2) is 7.30. The van der Waals surface area contributed by atoms with Crippen molar-refractivity contribution in [3.8, 4) is 11.5 Å². The van der Waals surface area contributed by atoms with E-state index in [0.29, 0.717) is 48.9 Å². The van der Waals surface area contributed by atoms with Crippen LogP contribution in [0.5, 0.6) is 11.5 Å². The lowest BCUT2D eigenvalue weighted by molar-refractivity contribution is 0.174. The zero-order valence-corrected chi connectivity index (χ0v) is 17.1. The number of carbonyl (C=O) groups is 1. The monoisotopic (exact) mass is 433 g/mol. The van der Waals surface area contributed by atoms with Gasteiger partial charge < -0.3 is 29.0 Å². The van der Waals surface area contributed by atoms with Gasteiger partial charge in [0.15, 0.2) is 17.3 Å². The van der Waals surface area contributed by atoms with Gasteiger partial charge in [-0.05, 0) is 36.4 Å². The molecule has 0 bridgehead atoms. The van der Waals surface area contributed by atoms with Crippen molar-refractivity contribution in [3.05, 3.63) is 60.5 Å². The fourth-order valence-electron chi connectivity index (χ4n) is 4.27. The molecule has 0 saturated carbocycles. The molecule has 0 aliphatic carbocycles. The van der Waals surface area contributed by atoms with Gasteiger partial charge >= 0.3 is 6.03 Å². The number of benzene rings is 2. The molecule has 6 rings (SSSR count). The Labute approximate surface area is 182 Å². The number of fused-ring (bicyclic) bond motifs is 4. The molecule has 2 aliphatic heterocycles. The van der Waals surface area contributed by atoms with Gasteiger partial charge in [-0.3, -0.25) is 0 Å². The summed E-state index contributed by atoms with van der Waals surface area (Å²) >= 11 is 0. The standard InChI is InChI=1S/C23H20FN5O3/c24-15-3-5-18-17(12-15)26-22(19-2-1-7-29(18)19)27-8-10-28(11-9-27)23(30)25-16-4-6-20-21(13-16)32-14-31-20/h1-7,12-13H,8-11,14H2,(H,25,30). The summed E-state index contributed by atoms with van der Waals surface area (Å²) in [6.45, 7) is 2.55. The zero-order chi connectivity index (χ0) is 21.7. The van der Waals surface area contributed by atoms with E-state index >= 15 is 0 Å². The third-order valence-electron chi connectivity index (χ3n) is 5.89. The molecule has 0 spiro atoms. The molecule has 1 fully saturated rings. The molecule has 162 valence electrons. The van der Waals surface area contributed by atoms with Crippen LogP contribution < -0.4 is 19.7 Å². The van der Waals surface area contributed by atoms with Gasteiger partial charge in [0.25, 0.3) is 0 Å². The predicted molar refractivity (Wildman–Crippen MR) is 118 cm³/mol. The molecular weight excluding hydrogens is 413 g/mol. The molecule has 4 heterocycles. The normalized spacial score (nSPS) is 15.5. The Morgan fingerprint density at radius 2 is 1.81 bits per heavy atom. The Morgan fingerprint density at radius 1 is 0.969 bits per heavy atom. The van der Waals surface area contributed by atoms with E-state index in [1.165, 1.54) is 12.1 Å². The lowest BCUT2D eigenvalue weighted by atomic mass is 10.2. The maximum atomic E-state index is 13.8. The fraction of sp³-hybridized carbons (Fsp3) is 0.217. The molecule has 0 radical (unpaired) electrons. The summed E-state index contributed by atoms with van der Waals surface area (Å²) < 4.78 is 26.5. The van der Waals surface area contributed by atoms with E-state index < -0.39 is 0 Å². The van der Waals surface area contributed by atoms with Crippen molar-refractivity contribution in [2.45, 2.75) is 0 Å². The van der Waals surface area contributed by atoms with Crippen molar-refractivity contribution < 1.29 is 18.7 Å². The number of carbonyl (C=O) groups excluding carboxylic acids is 1. The molecule has 2 aliphatic rings. The molecule has 0 atom stereocenters. The third-order valence-corrected chi connectivity index (χ3v) is 5.89. The van der Waals surface area contributed by atoms with Gasteiger partial charge in [0.1, 0.15) is 5.82 Å². The van der Waals surface area contributed by atoms with E-state index in [4.69, 9.17) is 14.5 Å². The Morgan fingerprint density at radius 3 is 2.69 bits per heavy atom. The van der Waals surface area contributed by atoms with Crippen molar-refractivity contribution in [3.63, 3.8) is 0 Å². The van der Waals surface area contributed by atoms with Crippen LogP contribution in [0.25, 0.3) is 16.6 Å². The van der Waals surface area contributed by atoms with Gasteiger partial charge in [-0.15, -0.1) is 0 Å². The first-order valence-electron chi connectivity index (χ1n) is 10.4. The lowest BCUT2D eigenvalue weighted by Crippen LogP contribution is -2.50. The second-order valence-electron chi connectivity index (χ2n) is 7.80. The molecule has 4 aromatic rings. The minimum atomic E-state index is -0.313. The van der Waals surface area contributed by atoms with Crippen molar-refractivity contribution in [2.24, 2.45) is 0 Å². The topological polar surface area (TPSA) is 71.3 Å². The van der Waals surface area contributed by atoms with E-state index in [-0.39, 0.29) is 18.6 Å². The van der Waals surface area contributed by atoms with Gasteiger partial charge in [0, 0.05) is 50.2 Å². The summed E-state index contributed by atoms with van der Waals surface area (Å²) in [4.78, 5) is 21.4. The van der Waals surface area contributed by atoms with E-state index in [0.717, 1.165) is 16.9 Å². The number of halogens is 1. The summed E-state index contributed by atoms with van der Waals surface area (Å²) in [5.74, 6) is 1.79. The Bertz CT molecular complexity index is 1350. The Kier molecular flexibility index (Phi) is 4.27. The highest BCUT2D eigenvalue weighted by Gasteiger charge is 2.24. The molecule has 9 heteroatoms. The Balaban J connectivity index is 1.19. The highest BCUT2D eigenvalue weighted by molar-refractivity contribution is 5.90. The molecule has 0 unspecified atom stereocenters. The highest BCUT2D eigenvalue weighted by Crippen LogP contribution is 2.34.